The number of ether oxygens (including phenoxy) is 1. The molecule has 0 saturated heterocycles. The number of anilines is 1. The highest BCUT2D eigenvalue weighted by molar-refractivity contribution is 6.04. The summed E-state index contributed by atoms with van der Waals surface area (Å²) in [5.41, 5.74) is 3.07. The molecule has 112 valence electrons. The van der Waals surface area contributed by atoms with Crippen LogP contribution in [0.2, 0.25) is 0 Å². The number of rotatable bonds is 3. The summed E-state index contributed by atoms with van der Waals surface area (Å²) in [6.45, 7) is 1.57. The first-order valence-corrected chi connectivity index (χ1v) is 6.51. The molecule has 1 aromatic carbocycles. The SMILES string of the molecule is COc1ccccc1NC(=O)c1n[nH]c2c1CNCC2.Cl. The Labute approximate surface area is 128 Å². The van der Waals surface area contributed by atoms with Crippen LogP contribution in [0.5, 0.6) is 5.75 Å². The average Bonchev–Trinajstić information content (AvgIpc) is 2.92. The Balaban J connectivity index is 0.00000161. The maximum Gasteiger partial charge on any atom is 0.276 e. The Morgan fingerprint density at radius 3 is 3.00 bits per heavy atom. The number of hydrogen-bond acceptors (Lipinski definition) is 4. The molecule has 0 atom stereocenters. The van der Waals surface area contributed by atoms with E-state index in [2.05, 4.69) is 20.8 Å². The molecule has 0 bridgehead atoms. The fourth-order valence-corrected chi connectivity index (χ4v) is 2.34. The number of nitrogens with one attached hydrogen (secondary N) is 3. The average molecular weight is 309 g/mol. The number of hydrogen-bond donors (Lipinski definition) is 3. The van der Waals surface area contributed by atoms with Crippen molar-refractivity contribution >= 4 is 24.0 Å². The Hall–Kier alpha value is -2.05. The van der Waals surface area contributed by atoms with Crippen molar-refractivity contribution in [3.05, 3.63) is 41.2 Å². The molecule has 1 aliphatic rings. The van der Waals surface area contributed by atoms with Crippen LogP contribution in [-0.4, -0.2) is 29.8 Å². The number of amides is 1. The molecule has 0 spiro atoms. The predicted octanol–water partition coefficient (Wildman–Crippen LogP) is 1.74. The van der Waals surface area contributed by atoms with E-state index in [1.54, 1.807) is 19.2 Å². The number of aromatic nitrogens is 2. The Morgan fingerprint density at radius 2 is 2.19 bits per heavy atom. The molecule has 21 heavy (non-hydrogen) atoms. The number of para-hydroxylation sites is 2. The van der Waals surface area contributed by atoms with E-state index >= 15 is 0 Å². The number of aromatic amines is 1. The highest BCUT2D eigenvalue weighted by Crippen LogP contribution is 2.24. The third-order valence-electron chi connectivity index (χ3n) is 3.38. The van der Waals surface area contributed by atoms with Crippen LogP contribution in [0, 0.1) is 0 Å². The first-order chi connectivity index (χ1) is 9.79. The second-order valence-electron chi connectivity index (χ2n) is 4.61. The lowest BCUT2D eigenvalue weighted by molar-refractivity contribution is 0.102. The van der Waals surface area contributed by atoms with Crippen LogP contribution < -0.4 is 15.4 Å². The molecule has 0 fully saturated rings. The highest BCUT2D eigenvalue weighted by Gasteiger charge is 2.22. The van der Waals surface area contributed by atoms with E-state index in [-0.39, 0.29) is 18.3 Å². The Bertz CT molecular complexity index is 642. The molecule has 2 aromatic rings. The molecular weight excluding hydrogens is 292 g/mol. The Kier molecular flexibility index (Phi) is 4.82. The van der Waals surface area contributed by atoms with Crippen LogP contribution in [0.25, 0.3) is 0 Å². The van der Waals surface area contributed by atoms with Gasteiger partial charge in [-0.25, -0.2) is 0 Å². The van der Waals surface area contributed by atoms with Crippen LogP contribution in [0.3, 0.4) is 0 Å². The molecule has 1 aromatic heterocycles. The number of methoxy groups -OCH3 is 1. The van der Waals surface area contributed by atoms with Crippen LogP contribution in [0.1, 0.15) is 21.7 Å². The molecule has 7 heteroatoms. The van der Waals surface area contributed by atoms with E-state index in [0.717, 1.165) is 24.2 Å². The third kappa shape index (κ3) is 3.01. The zero-order valence-electron chi connectivity index (χ0n) is 11.6. The van der Waals surface area contributed by atoms with Gasteiger partial charge in [-0.3, -0.25) is 9.89 Å². The van der Waals surface area contributed by atoms with Gasteiger partial charge >= 0.3 is 0 Å². The summed E-state index contributed by atoms with van der Waals surface area (Å²) >= 11 is 0. The maximum atomic E-state index is 12.3. The normalized spacial score (nSPS) is 13.0. The van der Waals surface area contributed by atoms with Gasteiger partial charge in [-0.2, -0.15) is 5.10 Å². The molecule has 1 amide bonds. The summed E-state index contributed by atoms with van der Waals surface area (Å²) in [6.07, 6.45) is 0.865. The number of carbonyl (C=O) groups is 1. The molecule has 3 N–H and O–H groups in total. The number of carbonyl (C=O) groups excluding carboxylic acids is 1. The minimum absolute atomic E-state index is 0. The second kappa shape index (κ2) is 6.60. The summed E-state index contributed by atoms with van der Waals surface area (Å²) in [5, 5.41) is 13.2. The second-order valence-corrected chi connectivity index (χ2v) is 4.61. The van der Waals surface area contributed by atoms with Gasteiger partial charge in [-0.05, 0) is 12.1 Å². The van der Waals surface area contributed by atoms with Gasteiger partial charge in [0, 0.05) is 30.8 Å². The van der Waals surface area contributed by atoms with Crippen molar-refractivity contribution in [3.63, 3.8) is 0 Å². The molecule has 0 saturated carbocycles. The molecular formula is C14H17ClN4O2. The molecule has 6 nitrogen and oxygen atoms in total. The minimum atomic E-state index is -0.226. The maximum absolute atomic E-state index is 12.3. The highest BCUT2D eigenvalue weighted by atomic mass is 35.5. The van der Waals surface area contributed by atoms with E-state index in [1.807, 2.05) is 12.1 Å². The van der Waals surface area contributed by atoms with Crippen molar-refractivity contribution in [3.8, 4) is 5.75 Å². The molecule has 0 aliphatic carbocycles. The van der Waals surface area contributed by atoms with Crippen molar-refractivity contribution in [2.75, 3.05) is 19.0 Å². The number of H-pyrrole nitrogens is 1. The van der Waals surface area contributed by atoms with Crippen LogP contribution in [0.15, 0.2) is 24.3 Å². The first-order valence-electron chi connectivity index (χ1n) is 6.51. The zero-order valence-corrected chi connectivity index (χ0v) is 12.4. The zero-order chi connectivity index (χ0) is 13.9. The van der Waals surface area contributed by atoms with Crippen molar-refractivity contribution in [2.24, 2.45) is 0 Å². The van der Waals surface area contributed by atoms with Crippen molar-refractivity contribution < 1.29 is 9.53 Å². The summed E-state index contributed by atoms with van der Waals surface area (Å²) in [4.78, 5) is 12.3. The smallest absolute Gasteiger partial charge is 0.276 e. The van der Waals surface area contributed by atoms with Gasteiger partial charge in [-0.1, -0.05) is 12.1 Å². The van der Waals surface area contributed by atoms with Gasteiger partial charge in [-0.15, -0.1) is 12.4 Å². The molecule has 3 rings (SSSR count). The van der Waals surface area contributed by atoms with Crippen molar-refractivity contribution in [1.29, 1.82) is 0 Å². The third-order valence-corrected chi connectivity index (χ3v) is 3.38. The predicted molar refractivity (Wildman–Crippen MR) is 82.2 cm³/mol. The fraction of sp³-hybridized carbons (Fsp3) is 0.286. The number of benzene rings is 1. The van der Waals surface area contributed by atoms with Crippen molar-refractivity contribution in [1.82, 2.24) is 15.5 Å². The summed E-state index contributed by atoms with van der Waals surface area (Å²) in [6, 6.07) is 7.31. The van der Waals surface area contributed by atoms with Gasteiger partial charge in [0.2, 0.25) is 0 Å². The van der Waals surface area contributed by atoms with E-state index in [4.69, 9.17) is 4.74 Å². The lowest BCUT2D eigenvalue weighted by Crippen LogP contribution is -2.25. The monoisotopic (exact) mass is 308 g/mol. The van der Waals surface area contributed by atoms with Gasteiger partial charge in [0.25, 0.3) is 5.91 Å². The Morgan fingerprint density at radius 1 is 1.38 bits per heavy atom. The van der Waals surface area contributed by atoms with Crippen LogP contribution in [-0.2, 0) is 13.0 Å². The fourth-order valence-electron chi connectivity index (χ4n) is 2.34. The number of fused-ring (bicyclic) bond motifs is 1. The van der Waals surface area contributed by atoms with Crippen molar-refractivity contribution in [2.45, 2.75) is 13.0 Å². The van der Waals surface area contributed by atoms with E-state index in [9.17, 15) is 4.79 Å². The molecule has 0 unspecified atom stereocenters. The standard InChI is InChI=1S/C14H16N4O2.ClH/c1-20-12-5-3-2-4-11(12)16-14(19)13-9-8-15-7-6-10(9)17-18-13;/h2-5,15H,6-8H2,1H3,(H,16,19)(H,17,18);1H. The van der Waals surface area contributed by atoms with Crippen LogP contribution >= 0.6 is 12.4 Å². The summed E-state index contributed by atoms with van der Waals surface area (Å²) < 4.78 is 5.22. The lowest BCUT2D eigenvalue weighted by atomic mass is 10.1. The van der Waals surface area contributed by atoms with Gasteiger partial charge in [0.05, 0.1) is 12.8 Å². The lowest BCUT2D eigenvalue weighted by Gasteiger charge is -2.13. The minimum Gasteiger partial charge on any atom is -0.495 e. The van der Waals surface area contributed by atoms with E-state index < -0.39 is 0 Å². The van der Waals surface area contributed by atoms with E-state index in [0.29, 0.717) is 23.7 Å². The topological polar surface area (TPSA) is 79.0 Å². The number of halogens is 1. The summed E-state index contributed by atoms with van der Waals surface area (Å²) in [5.74, 6) is 0.402. The first kappa shape index (κ1) is 15.3. The quantitative estimate of drug-likeness (QED) is 0.807. The largest absolute Gasteiger partial charge is 0.495 e. The van der Waals surface area contributed by atoms with Gasteiger partial charge < -0.3 is 15.4 Å². The van der Waals surface area contributed by atoms with E-state index in [1.165, 1.54) is 0 Å². The molecule has 2 heterocycles. The van der Waals surface area contributed by atoms with Gasteiger partial charge in [0.1, 0.15) is 5.75 Å². The molecule has 1 aliphatic heterocycles. The molecule has 0 radical (unpaired) electrons. The summed E-state index contributed by atoms with van der Waals surface area (Å²) in [7, 11) is 1.57. The number of nitrogens with zero attached hydrogens (tertiary/aromatic N) is 1. The van der Waals surface area contributed by atoms with Crippen LogP contribution in [0.4, 0.5) is 5.69 Å². The van der Waals surface area contributed by atoms with Gasteiger partial charge in [0.15, 0.2) is 5.69 Å².